The zero-order valence-electron chi connectivity index (χ0n) is 21.4. The standard InChI is InChI=1S/C24H37BN2O6/c1-16-15-26(21(29)31-22(2,3)4)12-13-27(16)20(28)18-11-10-17(14-19(18)30-9)25-32-23(5,6)24(7,8)33-25/h10-11,14,16H,12-13,15H2,1-9H3. The van der Waals surface area contributed by atoms with Crippen LogP contribution in [-0.2, 0) is 14.0 Å². The molecule has 0 bridgehead atoms. The number of benzene rings is 1. The van der Waals surface area contributed by atoms with Crippen molar-refractivity contribution in [2.45, 2.75) is 78.2 Å². The van der Waals surface area contributed by atoms with Crippen LogP contribution in [0, 0.1) is 0 Å². The predicted molar refractivity (Wildman–Crippen MR) is 127 cm³/mol. The molecular formula is C24H37BN2O6. The summed E-state index contributed by atoms with van der Waals surface area (Å²) in [6.45, 7) is 16.7. The fourth-order valence-corrected chi connectivity index (χ4v) is 3.92. The summed E-state index contributed by atoms with van der Waals surface area (Å²) in [6.07, 6.45) is -0.356. The number of piperazine rings is 1. The number of carbonyl (C=O) groups is 2. The summed E-state index contributed by atoms with van der Waals surface area (Å²) in [5.41, 5.74) is -0.203. The van der Waals surface area contributed by atoms with Gasteiger partial charge in [-0.3, -0.25) is 4.79 Å². The molecule has 0 radical (unpaired) electrons. The van der Waals surface area contributed by atoms with Crippen LogP contribution in [0.3, 0.4) is 0 Å². The quantitative estimate of drug-likeness (QED) is 0.646. The number of hydrogen-bond acceptors (Lipinski definition) is 6. The molecule has 182 valence electrons. The Morgan fingerprint density at radius 2 is 1.70 bits per heavy atom. The van der Waals surface area contributed by atoms with Crippen LogP contribution in [0.1, 0.15) is 65.7 Å². The fraction of sp³-hybridized carbons (Fsp3) is 0.667. The molecule has 0 spiro atoms. The molecule has 9 heteroatoms. The third kappa shape index (κ3) is 5.30. The second kappa shape index (κ2) is 8.83. The monoisotopic (exact) mass is 460 g/mol. The normalized spacial score (nSPS) is 22.3. The van der Waals surface area contributed by atoms with E-state index in [9.17, 15) is 9.59 Å². The summed E-state index contributed by atoms with van der Waals surface area (Å²) in [5, 5.41) is 0. The SMILES string of the molecule is COc1cc(B2OC(C)(C)C(C)(C)O2)ccc1C(=O)N1CCN(C(=O)OC(C)(C)C)CC1C. The first-order valence-electron chi connectivity index (χ1n) is 11.5. The molecule has 2 heterocycles. The van der Waals surface area contributed by atoms with E-state index in [1.54, 1.807) is 29.0 Å². The summed E-state index contributed by atoms with van der Waals surface area (Å²) >= 11 is 0. The fourth-order valence-electron chi connectivity index (χ4n) is 3.92. The lowest BCUT2D eigenvalue weighted by atomic mass is 9.78. The molecule has 0 saturated carbocycles. The molecule has 8 nitrogen and oxygen atoms in total. The average molecular weight is 460 g/mol. The minimum absolute atomic E-state index is 0.136. The van der Waals surface area contributed by atoms with Gasteiger partial charge >= 0.3 is 13.2 Å². The second-order valence-electron chi connectivity index (χ2n) is 10.8. The third-order valence-electron chi connectivity index (χ3n) is 6.52. The van der Waals surface area contributed by atoms with Crippen molar-refractivity contribution in [2.75, 3.05) is 26.7 Å². The van der Waals surface area contributed by atoms with Crippen molar-refractivity contribution in [3.8, 4) is 5.75 Å². The zero-order valence-corrected chi connectivity index (χ0v) is 21.4. The van der Waals surface area contributed by atoms with Gasteiger partial charge in [0.25, 0.3) is 5.91 Å². The van der Waals surface area contributed by atoms with Crippen molar-refractivity contribution >= 4 is 24.6 Å². The molecule has 2 aliphatic rings. The molecule has 2 amide bonds. The van der Waals surface area contributed by atoms with Gasteiger partial charge in [-0.25, -0.2) is 4.79 Å². The number of methoxy groups -OCH3 is 1. The maximum absolute atomic E-state index is 13.4. The first kappa shape index (κ1) is 25.4. The van der Waals surface area contributed by atoms with Crippen molar-refractivity contribution < 1.29 is 28.4 Å². The summed E-state index contributed by atoms with van der Waals surface area (Å²) in [7, 11) is 1.01. The third-order valence-corrected chi connectivity index (χ3v) is 6.52. The lowest BCUT2D eigenvalue weighted by Crippen LogP contribution is -2.56. The van der Waals surface area contributed by atoms with E-state index in [1.807, 2.05) is 61.5 Å². The number of amides is 2. The van der Waals surface area contributed by atoms with Crippen LogP contribution < -0.4 is 10.2 Å². The van der Waals surface area contributed by atoms with Crippen LogP contribution in [0.2, 0.25) is 0 Å². The Morgan fingerprint density at radius 3 is 2.21 bits per heavy atom. The maximum atomic E-state index is 13.4. The maximum Gasteiger partial charge on any atom is 0.494 e. The second-order valence-corrected chi connectivity index (χ2v) is 10.8. The van der Waals surface area contributed by atoms with Crippen molar-refractivity contribution in [2.24, 2.45) is 0 Å². The highest BCUT2D eigenvalue weighted by Crippen LogP contribution is 2.37. The van der Waals surface area contributed by atoms with Gasteiger partial charge in [0.05, 0.1) is 23.9 Å². The van der Waals surface area contributed by atoms with Gasteiger partial charge in [-0.05, 0) is 73.0 Å². The van der Waals surface area contributed by atoms with Crippen molar-refractivity contribution in [1.82, 2.24) is 9.80 Å². The molecule has 1 atom stereocenters. The number of rotatable bonds is 3. The van der Waals surface area contributed by atoms with Gasteiger partial charge in [-0.2, -0.15) is 0 Å². The Kier molecular flexibility index (Phi) is 6.79. The van der Waals surface area contributed by atoms with Gasteiger partial charge in [-0.15, -0.1) is 0 Å². The summed E-state index contributed by atoms with van der Waals surface area (Å²) in [4.78, 5) is 29.2. The van der Waals surface area contributed by atoms with Crippen molar-refractivity contribution in [1.29, 1.82) is 0 Å². The molecule has 1 aromatic rings. The molecule has 2 aliphatic heterocycles. The minimum atomic E-state index is -0.556. The number of carbonyl (C=O) groups excluding carboxylic acids is 2. The molecule has 0 N–H and O–H groups in total. The predicted octanol–water partition coefficient (Wildman–Crippen LogP) is 3.08. The Bertz CT molecular complexity index is 895. The van der Waals surface area contributed by atoms with Gasteiger partial charge in [0, 0.05) is 25.7 Å². The number of hydrogen-bond donors (Lipinski definition) is 0. The zero-order chi connectivity index (χ0) is 24.8. The topological polar surface area (TPSA) is 77.5 Å². The van der Waals surface area contributed by atoms with Crippen LogP contribution in [0.4, 0.5) is 4.79 Å². The highest BCUT2D eigenvalue weighted by atomic mass is 16.7. The molecule has 33 heavy (non-hydrogen) atoms. The van der Waals surface area contributed by atoms with Crippen molar-refractivity contribution in [3.63, 3.8) is 0 Å². The number of nitrogens with zero attached hydrogens (tertiary/aromatic N) is 2. The molecule has 3 rings (SSSR count). The van der Waals surface area contributed by atoms with E-state index in [1.165, 1.54) is 0 Å². The van der Waals surface area contributed by atoms with E-state index < -0.39 is 23.9 Å². The highest BCUT2D eigenvalue weighted by molar-refractivity contribution is 6.62. The first-order chi connectivity index (χ1) is 15.1. The van der Waals surface area contributed by atoms with Crippen LogP contribution in [0.5, 0.6) is 5.75 Å². The summed E-state index contributed by atoms with van der Waals surface area (Å²) in [6, 6.07) is 5.25. The largest absolute Gasteiger partial charge is 0.496 e. The van der Waals surface area contributed by atoms with Gasteiger partial charge in [-0.1, -0.05) is 6.07 Å². The Balaban J connectivity index is 1.74. The molecular weight excluding hydrogens is 423 g/mol. The van der Waals surface area contributed by atoms with E-state index in [0.29, 0.717) is 30.9 Å². The first-order valence-corrected chi connectivity index (χ1v) is 11.5. The lowest BCUT2D eigenvalue weighted by Gasteiger charge is -2.40. The number of ether oxygens (including phenoxy) is 2. The van der Waals surface area contributed by atoms with Crippen LogP contribution in [-0.4, -0.2) is 78.5 Å². The van der Waals surface area contributed by atoms with E-state index in [2.05, 4.69) is 0 Å². The summed E-state index contributed by atoms with van der Waals surface area (Å²) < 4.78 is 23.3. The molecule has 1 aromatic carbocycles. The molecule has 0 aromatic heterocycles. The lowest BCUT2D eigenvalue weighted by molar-refractivity contribution is 0.00578. The van der Waals surface area contributed by atoms with Crippen LogP contribution in [0.15, 0.2) is 18.2 Å². The Morgan fingerprint density at radius 1 is 1.09 bits per heavy atom. The van der Waals surface area contributed by atoms with Crippen LogP contribution in [0.25, 0.3) is 0 Å². The average Bonchev–Trinajstić information content (AvgIpc) is 2.92. The molecule has 1 unspecified atom stereocenters. The molecule has 2 fully saturated rings. The Hall–Kier alpha value is -2.26. The van der Waals surface area contributed by atoms with E-state index in [4.69, 9.17) is 18.8 Å². The van der Waals surface area contributed by atoms with Gasteiger partial charge in [0.1, 0.15) is 11.4 Å². The Labute approximate surface area is 197 Å². The van der Waals surface area contributed by atoms with E-state index in [-0.39, 0.29) is 18.0 Å². The van der Waals surface area contributed by atoms with E-state index in [0.717, 1.165) is 5.46 Å². The molecule has 2 saturated heterocycles. The van der Waals surface area contributed by atoms with Crippen molar-refractivity contribution in [3.05, 3.63) is 23.8 Å². The molecule has 0 aliphatic carbocycles. The summed E-state index contributed by atoms with van der Waals surface area (Å²) in [5.74, 6) is 0.331. The minimum Gasteiger partial charge on any atom is -0.496 e. The highest BCUT2D eigenvalue weighted by Gasteiger charge is 2.51. The smallest absolute Gasteiger partial charge is 0.494 e. The van der Waals surface area contributed by atoms with Gasteiger partial charge in [0.2, 0.25) is 0 Å². The van der Waals surface area contributed by atoms with Gasteiger partial charge in [0.15, 0.2) is 0 Å². The van der Waals surface area contributed by atoms with Gasteiger partial charge < -0.3 is 28.6 Å². The van der Waals surface area contributed by atoms with E-state index >= 15 is 0 Å². The van der Waals surface area contributed by atoms with Crippen LogP contribution >= 0.6 is 0 Å².